The molecule has 34 heavy (non-hydrogen) atoms. The molecule has 0 saturated heterocycles. The molecule has 0 aliphatic carbocycles. The Labute approximate surface area is 204 Å². The second-order valence-electron chi connectivity index (χ2n) is 8.84. The van der Waals surface area contributed by atoms with Crippen LogP contribution in [0, 0.1) is 6.92 Å². The Balaban J connectivity index is 2.12. The van der Waals surface area contributed by atoms with E-state index >= 15 is 0 Å². The highest BCUT2D eigenvalue weighted by molar-refractivity contribution is 7.89. The summed E-state index contributed by atoms with van der Waals surface area (Å²) in [4.78, 5) is 28.0. The van der Waals surface area contributed by atoms with Gasteiger partial charge in [0, 0.05) is 32.6 Å². The number of benzene rings is 2. The van der Waals surface area contributed by atoms with Gasteiger partial charge in [0.1, 0.15) is 6.04 Å². The van der Waals surface area contributed by atoms with Crippen LogP contribution >= 0.6 is 0 Å². The molecule has 0 saturated carbocycles. The van der Waals surface area contributed by atoms with Crippen molar-refractivity contribution >= 4 is 21.8 Å². The average molecular weight is 488 g/mol. The summed E-state index contributed by atoms with van der Waals surface area (Å²) in [7, 11) is -2.10. The highest BCUT2D eigenvalue weighted by Crippen LogP contribution is 2.17. The third-order valence-corrected chi connectivity index (χ3v) is 7.48. The third kappa shape index (κ3) is 7.67. The SMILES string of the molecule is CC[C@@H](C(=O)NC(C)C)N(Cc1ccc(C)cc1)C(=O)CCCN(C)S(=O)(=O)c1ccccc1. The quantitative estimate of drug-likeness (QED) is 0.494. The van der Waals surface area contributed by atoms with Crippen molar-refractivity contribution in [3.63, 3.8) is 0 Å². The van der Waals surface area contributed by atoms with Crippen LogP contribution in [0.4, 0.5) is 0 Å². The van der Waals surface area contributed by atoms with E-state index in [1.54, 1.807) is 35.2 Å². The summed E-state index contributed by atoms with van der Waals surface area (Å²) in [5.41, 5.74) is 2.06. The first-order valence-electron chi connectivity index (χ1n) is 11.7. The molecule has 2 aromatic carbocycles. The maximum Gasteiger partial charge on any atom is 0.243 e. The largest absolute Gasteiger partial charge is 0.352 e. The molecule has 0 heterocycles. The number of nitrogens with one attached hydrogen (secondary N) is 1. The monoisotopic (exact) mass is 487 g/mol. The molecule has 0 unspecified atom stereocenters. The third-order valence-electron chi connectivity index (χ3n) is 5.61. The van der Waals surface area contributed by atoms with Gasteiger partial charge < -0.3 is 10.2 Å². The summed E-state index contributed by atoms with van der Waals surface area (Å²) >= 11 is 0. The molecule has 0 aromatic heterocycles. The lowest BCUT2D eigenvalue weighted by molar-refractivity contribution is -0.141. The predicted octanol–water partition coefficient (Wildman–Crippen LogP) is 3.73. The maximum absolute atomic E-state index is 13.3. The molecule has 0 aliphatic heterocycles. The Bertz CT molecular complexity index is 1040. The molecule has 2 aromatic rings. The van der Waals surface area contributed by atoms with Gasteiger partial charge >= 0.3 is 0 Å². The number of carbonyl (C=O) groups is 2. The minimum atomic E-state index is -3.61. The Morgan fingerprint density at radius 3 is 2.18 bits per heavy atom. The van der Waals surface area contributed by atoms with Gasteiger partial charge in [0.15, 0.2) is 0 Å². The van der Waals surface area contributed by atoms with Crippen LogP contribution in [-0.4, -0.2) is 55.1 Å². The van der Waals surface area contributed by atoms with E-state index in [0.717, 1.165) is 11.1 Å². The Morgan fingerprint density at radius 2 is 1.62 bits per heavy atom. The molecule has 186 valence electrons. The molecular weight excluding hydrogens is 450 g/mol. The van der Waals surface area contributed by atoms with Crippen LogP contribution in [-0.2, 0) is 26.2 Å². The molecule has 8 heteroatoms. The Hall–Kier alpha value is -2.71. The summed E-state index contributed by atoms with van der Waals surface area (Å²) in [6.45, 7) is 8.19. The zero-order chi connectivity index (χ0) is 25.3. The number of rotatable bonds is 12. The van der Waals surface area contributed by atoms with E-state index in [0.29, 0.717) is 19.4 Å². The van der Waals surface area contributed by atoms with Gasteiger partial charge in [-0.05, 0) is 51.3 Å². The van der Waals surface area contributed by atoms with Crippen LogP contribution in [0.3, 0.4) is 0 Å². The molecule has 2 amide bonds. The number of amides is 2. The summed E-state index contributed by atoms with van der Waals surface area (Å²) < 4.78 is 26.7. The zero-order valence-electron chi connectivity index (χ0n) is 20.8. The van der Waals surface area contributed by atoms with E-state index in [4.69, 9.17) is 0 Å². The van der Waals surface area contributed by atoms with Gasteiger partial charge in [-0.3, -0.25) is 9.59 Å². The van der Waals surface area contributed by atoms with Crippen molar-refractivity contribution in [2.24, 2.45) is 0 Å². The van der Waals surface area contributed by atoms with Gasteiger partial charge in [0.2, 0.25) is 21.8 Å². The second-order valence-corrected chi connectivity index (χ2v) is 10.9. The highest BCUT2D eigenvalue weighted by atomic mass is 32.2. The molecule has 2 rings (SSSR count). The second kappa shape index (κ2) is 12.7. The molecule has 7 nitrogen and oxygen atoms in total. The van der Waals surface area contributed by atoms with Crippen LogP contribution in [0.1, 0.15) is 51.2 Å². The van der Waals surface area contributed by atoms with Crippen LogP contribution in [0.25, 0.3) is 0 Å². The van der Waals surface area contributed by atoms with Gasteiger partial charge in [0.25, 0.3) is 0 Å². The van der Waals surface area contributed by atoms with Crippen molar-refractivity contribution < 1.29 is 18.0 Å². The fourth-order valence-electron chi connectivity index (χ4n) is 3.68. The number of hydrogen-bond acceptors (Lipinski definition) is 4. The van der Waals surface area contributed by atoms with Gasteiger partial charge in [-0.25, -0.2) is 12.7 Å². The van der Waals surface area contributed by atoms with Crippen LogP contribution in [0.15, 0.2) is 59.5 Å². The van der Waals surface area contributed by atoms with Gasteiger partial charge in [-0.15, -0.1) is 0 Å². The minimum absolute atomic E-state index is 0.0327. The fourth-order valence-corrected chi connectivity index (χ4v) is 4.91. The summed E-state index contributed by atoms with van der Waals surface area (Å²) in [6, 6.07) is 15.5. The van der Waals surface area contributed by atoms with Crippen LogP contribution in [0.5, 0.6) is 0 Å². The van der Waals surface area contributed by atoms with Crippen LogP contribution in [0.2, 0.25) is 0 Å². The Morgan fingerprint density at radius 1 is 1.00 bits per heavy atom. The lowest BCUT2D eigenvalue weighted by atomic mass is 10.1. The molecular formula is C26H37N3O4S. The molecule has 0 bridgehead atoms. The van der Waals surface area contributed by atoms with E-state index in [2.05, 4.69) is 5.32 Å². The average Bonchev–Trinajstić information content (AvgIpc) is 2.80. The maximum atomic E-state index is 13.3. The van der Waals surface area contributed by atoms with Gasteiger partial charge in [-0.1, -0.05) is 55.0 Å². The van der Waals surface area contributed by atoms with Crippen molar-refractivity contribution in [1.29, 1.82) is 0 Å². The minimum Gasteiger partial charge on any atom is -0.352 e. The van der Waals surface area contributed by atoms with Crippen molar-refractivity contribution in [2.75, 3.05) is 13.6 Å². The fraction of sp³-hybridized carbons (Fsp3) is 0.462. The van der Waals surface area contributed by atoms with Crippen LogP contribution < -0.4 is 5.32 Å². The summed E-state index contributed by atoms with van der Waals surface area (Å²) in [5.74, 6) is -0.349. The first-order valence-corrected chi connectivity index (χ1v) is 13.2. The number of sulfonamides is 1. The van der Waals surface area contributed by atoms with E-state index in [9.17, 15) is 18.0 Å². The van der Waals surface area contributed by atoms with Gasteiger partial charge in [0.05, 0.1) is 4.90 Å². The predicted molar refractivity (Wildman–Crippen MR) is 135 cm³/mol. The van der Waals surface area contributed by atoms with E-state index in [-0.39, 0.29) is 35.7 Å². The lowest BCUT2D eigenvalue weighted by Gasteiger charge is -2.31. The smallest absolute Gasteiger partial charge is 0.243 e. The topological polar surface area (TPSA) is 86.8 Å². The van der Waals surface area contributed by atoms with E-state index in [1.165, 1.54) is 11.4 Å². The Kier molecular flexibility index (Phi) is 10.3. The summed E-state index contributed by atoms with van der Waals surface area (Å²) in [6.07, 6.45) is 0.985. The van der Waals surface area contributed by atoms with E-state index in [1.807, 2.05) is 52.0 Å². The molecule has 1 N–H and O–H groups in total. The molecule has 0 fully saturated rings. The summed E-state index contributed by atoms with van der Waals surface area (Å²) in [5, 5.41) is 2.92. The first kappa shape index (κ1) is 27.5. The molecule has 1 atom stereocenters. The molecule has 0 aliphatic rings. The molecule has 0 radical (unpaired) electrons. The van der Waals surface area contributed by atoms with Crippen molar-refractivity contribution in [2.45, 2.75) is 70.5 Å². The number of carbonyl (C=O) groups excluding carboxylic acids is 2. The van der Waals surface area contributed by atoms with Crippen molar-refractivity contribution in [1.82, 2.24) is 14.5 Å². The van der Waals surface area contributed by atoms with Gasteiger partial charge in [-0.2, -0.15) is 0 Å². The highest BCUT2D eigenvalue weighted by Gasteiger charge is 2.29. The number of nitrogens with zero attached hydrogens (tertiary/aromatic N) is 2. The zero-order valence-corrected chi connectivity index (χ0v) is 21.6. The van der Waals surface area contributed by atoms with E-state index < -0.39 is 16.1 Å². The van der Waals surface area contributed by atoms with Crippen molar-refractivity contribution in [3.05, 3.63) is 65.7 Å². The number of aryl methyl sites for hydroxylation is 1. The standard InChI is InChI=1S/C26H37N3O4S/c1-6-24(26(31)27-20(2)3)29(19-22-16-14-21(4)15-17-22)25(30)13-10-18-28(5)34(32,33)23-11-8-7-9-12-23/h7-9,11-12,14-17,20,24H,6,10,13,18-19H2,1-5H3,(H,27,31)/t24-/m0/s1. The first-order chi connectivity index (χ1) is 16.1. The lowest BCUT2D eigenvalue weighted by Crippen LogP contribution is -2.50. The normalized spacial score (nSPS) is 12.6. The van der Waals surface area contributed by atoms with Crippen molar-refractivity contribution in [3.8, 4) is 0 Å². The molecule has 0 spiro atoms. The number of hydrogen-bond donors (Lipinski definition) is 1.